The van der Waals surface area contributed by atoms with Gasteiger partial charge in [-0.05, 0) is 13.0 Å². The predicted molar refractivity (Wildman–Crippen MR) is 72.6 cm³/mol. The first-order valence-electron chi connectivity index (χ1n) is 6.59. The largest absolute Gasteiger partial charge is 0.472 e. The van der Waals surface area contributed by atoms with Crippen molar-refractivity contribution in [3.63, 3.8) is 0 Å². The van der Waals surface area contributed by atoms with Crippen molar-refractivity contribution < 1.29 is 18.8 Å². The van der Waals surface area contributed by atoms with Crippen molar-refractivity contribution in [1.82, 2.24) is 10.2 Å². The average molecular weight is 297 g/mol. The first-order valence-corrected chi connectivity index (χ1v) is 6.59. The molecule has 1 N–H and O–H groups in total. The van der Waals surface area contributed by atoms with Gasteiger partial charge in [-0.15, -0.1) is 0 Å². The van der Waals surface area contributed by atoms with Gasteiger partial charge in [0.05, 0.1) is 4.92 Å². The molecule has 0 bridgehead atoms. The number of carbonyl (C=O) groups excluding carboxylic acids is 1. The number of amides is 1. The maximum absolute atomic E-state index is 13.7. The van der Waals surface area contributed by atoms with Crippen molar-refractivity contribution >= 4 is 11.6 Å². The number of nitro groups is 1. The molecule has 21 heavy (non-hydrogen) atoms. The van der Waals surface area contributed by atoms with E-state index >= 15 is 0 Å². The lowest BCUT2D eigenvalue weighted by Gasteiger charge is -2.29. The second-order valence-corrected chi connectivity index (χ2v) is 4.68. The zero-order chi connectivity index (χ0) is 15.4. The molecule has 1 aliphatic heterocycles. The van der Waals surface area contributed by atoms with Crippen molar-refractivity contribution in [2.75, 3.05) is 26.2 Å². The number of piperazine rings is 1. The van der Waals surface area contributed by atoms with Crippen LogP contribution >= 0.6 is 0 Å². The fraction of sp³-hybridized carbons (Fsp3) is 0.462. The highest BCUT2D eigenvalue weighted by Crippen LogP contribution is 2.30. The van der Waals surface area contributed by atoms with Gasteiger partial charge in [-0.25, -0.2) is 4.39 Å². The Kier molecular flexibility index (Phi) is 4.69. The standard InChI is InChI=1S/C13H16FN3O4/c1-9(13(18)16-7-5-15-6-8-16)21-12-10(14)3-2-4-11(12)17(19)20/h2-4,9,15H,5-8H2,1H3. The lowest BCUT2D eigenvalue weighted by molar-refractivity contribution is -0.386. The van der Waals surface area contributed by atoms with Crippen molar-refractivity contribution in [2.24, 2.45) is 0 Å². The minimum Gasteiger partial charge on any atom is -0.472 e. The quantitative estimate of drug-likeness (QED) is 0.660. The summed E-state index contributed by atoms with van der Waals surface area (Å²) in [5, 5.41) is 14.0. The highest BCUT2D eigenvalue weighted by molar-refractivity contribution is 5.81. The van der Waals surface area contributed by atoms with E-state index in [1.807, 2.05) is 0 Å². The van der Waals surface area contributed by atoms with E-state index in [9.17, 15) is 19.3 Å². The average Bonchev–Trinajstić information content (AvgIpc) is 2.49. The minimum absolute atomic E-state index is 0.311. The number of rotatable bonds is 4. The molecule has 0 saturated carbocycles. The van der Waals surface area contributed by atoms with Gasteiger partial charge in [0, 0.05) is 32.2 Å². The summed E-state index contributed by atoms with van der Waals surface area (Å²) in [6, 6.07) is 3.42. The molecular weight excluding hydrogens is 281 g/mol. The van der Waals surface area contributed by atoms with Gasteiger partial charge in [0.15, 0.2) is 11.9 Å². The van der Waals surface area contributed by atoms with E-state index in [1.54, 1.807) is 4.90 Å². The zero-order valence-corrected chi connectivity index (χ0v) is 11.5. The normalized spacial score (nSPS) is 16.4. The van der Waals surface area contributed by atoms with Gasteiger partial charge in [0.25, 0.3) is 5.91 Å². The number of nitro benzene ring substituents is 1. The summed E-state index contributed by atoms with van der Waals surface area (Å²) < 4.78 is 18.9. The van der Waals surface area contributed by atoms with Crippen molar-refractivity contribution in [2.45, 2.75) is 13.0 Å². The molecule has 0 radical (unpaired) electrons. The van der Waals surface area contributed by atoms with Gasteiger partial charge < -0.3 is 15.0 Å². The summed E-state index contributed by atoms with van der Waals surface area (Å²) >= 11 is 0. The molecule has 7 nitrogen and oxygen atoms in total. The van der Waals surface area contributed by atoms with Crippen LogP contribution in [0.3, 0.4) is 0 Å². The second kappa shape index (κ2) is 6.49. The number of para-hydroxylation sites is 1. The van der Waals surface area contributed by atoms with E-state index in [0.717, 1.165) is 12.1 Å². The predicted octanol–water partition coefficient (Wildman–Crippen LogP) is 0.933. The SMILES string of the molecule is CC(Oc1c(F)cccc1[N+](=O)[O-])C(=O)N1CCNCC1. The van der Waals surface area contributed by atoms with E-state index < -0.39 is 28.3 Å². The maximum atomic E-state index is 13.7. The van der Waals surface area contributed by atoms with E-state index in [4.69, 9.17) is 4.74 Å². The molecule has 1 heterocycles. The molecule has 1 aromatic rings. The van der Waals surface area contributed by atoms with E-state index in [2.05, 4.69) is 5.32 Å². The molecule has 1 aliphatic rings. The Morgan fingerprint density at radius 3 is 2.76 bits per heavy atom. The molecule has 1 unspecified atom stereocenters. The van der Waals surface area contributed by atoms with Gasteiger partial charge in [-0.2, -0.15) is 0 Å². The van der Waals surface area contributed by atoms with Crippen LogP contribution in [0.15, 0.2) is 18.2 Å². The molecular formula is C13H16FN3O4. The van der Waals surface area contributed by atoms with Crippen LogP contribution < -0.4 is 10.1 Å². The highest BCUT2D eigenvalue weighted by Gasteiger charge is 2.27. The number of ether oxygens (including phenoxy) is 1. The summed E-state index contributed by atoms with van der Waals surface area (Å²) in [6.45, 7) is 3.88. The van der Waals surface area contributed by atoms with Crippen molar-refractivity contribution in [3.05, 3.63) is 34.1 Å². The topological polar surface area (TPSA) is 84.7 Å². The van der Waals surface area contributed by atoms with Crippen LogP contribution in [0.25, 0.3) is 0 Å². The molecule has 1 aromatic carbocycles. The molecule has 114 valence electrons. The first-order chi connectivity index (χ1) is 10.0. The van der Waals surface area contributed by atoms with Crippen molar-refractivity contribution in [3.8, 4) is 5.75 Å². The van der Waals surface area contributed by atoms with Crippen LogP contribution in [0.5, 0.6) is 5.75 Å². The Hall–Kier alpha value is -2.22. The molecule has 1 atom stereocenters. The number of nitrogens with one attached hydrogen (secondary N) is 1. The van der Waals surface area contributed by atoms with Gasteiger partial charge in [0.1, 0.15) is 0 Å². The Morgan fingerprint density at radius 1 is 1.48 bits per heavy atom. The smallest absolute Gasteiger partial charge is 0.314 e. The second-order valence-electron chi connectivity index (χ2n) is 4.68. The van der Waals surface area contributed by atoms with Crippen LogP contribution in [0.1, 0.15) is 6.92 Å². The number of hydrogen-bond acceptors (Lipinski definition) is 5. The monoisotopic (exact) mass is 297 g/mol. The van der Waals surface area contributed by atoms with Gasteiger partial charge in [0.2, 0.25) is 5.75 Å². The summed E-state index contributed by atoms with van der Waals surface area (Å²) in [5.41, 5.74) is -0.491. The van der Waals surface area contributed by atoms with Crippen LogP contribution in [-0.2, 0) is 4.79 Å². The van der Waals surface area contributed by atoms with Gasteiger partial charge in [-0.1, -0.05) is 6.07 Å². The first kappa shape index (κ1) is 15.2. The lowest BCUT2D eigenvalue weighted by atomic mass is 10.2. The Morgan fingerprint density at radius 2 is 2.14 bits per heavy atom. The summed E-state index contributed by atoms with van der Waals surface area (Å²) in [7, 11) is 0. The van der Waals surface area contributed by atoms with Crippen LogP contribution in [0.4, 0.5) is 10.1 Å². The Labute approximate surface area is 120 Å². The molecule has 2 rings (SSSR count). The third-order valence-corrected chi connectivity index (χ3v) is 3.21. The number of halogens is 1. The third-order valence-electron chi connectivity index (χ3n) is 3.21. The van der Waals surface area contributed by atoms with E-state index in [0.29, 0.717) is 26.2 Å². The molecule has 0 aromatic heterocycles. The van der Waals surface area contributed by atoms with Gasteiger partial charge >= 0.3 is 5.69 Å². The van der Waals surface area contributed by atoms with E-state index in [-0.39, 0.29) is 5.91 Å². The fourth-order valence-electron chi connectivity index (χ4n) is 2.13. The van der Waals surface area contributed by atoms with Crippen molar-refractivity contribution in [1.29, 1.82) is 0 Å². The number of hydrogen-bond donors (Lipinski definition) is 1. The van der Waals surface area contributed by atoms with Gasteiger partial charge in [-0.3, -0.25) is 14.9 Å². The Balaban J connectivity index is 2.13. The molecule has 8 heteroatoms. The summed E-state index contributed by atoms with van der Waals surface area (Å²) in [5.74, 6) is -1.67. The lowest BCUT2D eigenvalue weighted by Crippen LogP contribution is -2.50. The molecule has 0 spiro atoms. The zero-order valence-electron chi connectivity index (χ0n) is 11.5. The van der Waals surface area contributed by atoms with E-state index in [1.165, 1.54) is 13.0 Å². The van der Waals surface area contributed by atoms with Crippen LogP contribution in [-0.4, -0.2) is 48.0 Å². The summed E-state index contributed by atoms with van der Waals surface area (Å²) in [4.78, 5) is 23.9. The fourth-order valence-corrected chi connectivity index (χ4v) is 2.13. The summed E-state index contributed by atoms with van der Waals surface area (Å²) in [6.07, 6.45) is -0.987. The number of carbonyl (C=O) groups is 1. The van der Waals surface area contributed by atoms with Crippen LogP contribution in [0, 0.1) is 15.9 Å². The van der Waals surface area contributed by atoms with Crippen LogP contribution in [0.2, 0.25) is 0 Å². The molecule has 1 fully saturated rings. The molecule has 1 saturated heterocycles. The number of nitrogens with zero attached hydrogens (tertiary/aromatic N) is 2. The minimum atomic E-state index is -0.987. The molecule has 1 amide bonds. The number of benzene rings is 1. The Bertz CT molecular complexity index is 546. The third kappa shape index (κ3) is 3.46. The highest BCUT2D eigenvalue weighted by atomic mass is 19.1. The molecule has 0 aliphatic carbocycles. The maximum Gasteiger partial charge on any atom is 0.314 e.